The van der Waals surface area contributed by atoms with Crippen LogP contribution in [0, 0.1) is 0 Å². The Morgan fingerprint density at radius 1 is 0.641 bits per heavy atom. The van der Waals surface area contributed by atoms with Gasteiger partial charge >= 0.3 is 0 Å². The van der Waals surface area contributed by atoms with E-state index in [1.807, 2.05) is 0 Å². The minimum atomic E-state index is -0.305. The number of halogens is 2. The number of allylic oxidation sites excluding steroid dienone is 10. The van der Waals surface area contributed by atoms with E-state index in [-0.39, 0.29) is 40.4 Å². The second-order valence-electron chi connectivity index (χ2n) is 7.32. The largest absolute Gasteiger partial charge is 0.305 e. The van der Waals surface area contributed by atoms with Crippen molar-refractivity contribution in [2.75, 3.05) is 0 Å². The molecule has 4 N–H and O–H groups in total. The average Bonchev–Trinajstić information content (AvgIpc) is 2.93. The van der Waals surface area contributed by atoms with Crippen molar-refractivity contribution >= 4 is 55.2 Å². The van der Waals surface area contributed by atoms with Crippen LogP contribution in [-0.4, -0.2) is 33.3 Å². The van der Waals surface area contributed by atoms with Crippen LogP contribution in [0.5, 0.6) is 0 Å². The number of nitrogens with one attached hydrogen (secondary N) is 4. The van der Waals surface area contributed by atoms with Crippen LogP contribution in [0.25, 0.3) is 0 Å². The number of pyridine rings is 2. The second-order valence-corrected chi connectivity index (χ2v) is 9.15. The quantitative estimate of drug-likeness (QED) is 0.204. The predicted octanol–water partition coefficient (Wildman–Crippen LogP) is 3.23. The van der Waals surface area contributed by atoms with E-state index in [1.165, 1.54) is 49.3 Å². The first-order valence-corrected chi connectivity index (χ1v) is 12.4. The van der Waals surface area contributed by atoms with Gasteiger partial charge in [-0.15, -0.1) is 0 Å². The average molecular weight is 704 g/mol. The fraction of sp³-hybridized carbons (Fsp3) is 0. The summed E-state index contributed by atoms with van der Waals surface area (Å²) in [5, 5.41) is 0. The molecular formula is C26H20Br2CuN6O4. The van der Waals surface area contributed by atoms with Crippen LogP contribution < -0.4 is 21.7 Å². The summed E-state index contributed by atoms with van der Waals surface area (Å²) in [5.41, 5.74) is 12.0. The van der Waals surface area contributed by atoms with Crippen molar-refractivity contribution in [3.8, 4) is 0 Å². The van der Waals surface area contributed by atoms with Crippen molar-refractivity contribution in [3.05, 3.63) is 129 Å². The summed E-state index contributed by atoms with van der Waals surface area (Å²) in [6.07, 6.45) is 18.5. The van der Waals surface area contributed by atoms with Gasteiger partial charge in [0.15, 0.2) is 11.6 Å². The van der Waals surface area contributed by atoms with Gasteiger partial charge in [-0.1, -0.05) is 31.9 Å². The van der Waals surface area contributed by atoms with Gasteiger partial charge in [0.2, 0.25) is 0 Å². The third-order valence-electron chi connectivity index (χ3n) is 4.66. The van der Waals surface area contributed by atoms with Crippen molar-refractivity contribution in [1.29, 1.82) is 0 Å². The van der Waals surface area contributed by atoms with Crippen molar-refractivity contribution in [2.45, 2.75) is 0 Å². The van der Waals surface area contributed by atoms with Crippen LogP contribution in [0.4, 0.5) is 0 Å². The van der Waals surface area contributed by atoms with Crippen LogP contribution in [0.15, 0.2) is 118 Å². The topological polar surface area (TPSA) is 142 Å². The number of carbonyl (C=O) groups is 4. The summed E-state index contributed by atoms with van der Waals surface area (Å²) in [6, 6.07) is 6.37. The maximum absolute atomic E-state index is 11.7. The molecule has 0 aliphatic heterocycles. The minimum Gasteiger partial charge on any atom is -0.305 e. The Balaban J connectivity index is 0.000000267. The van der Waals surface area contributed by atoms with Crippen LogP contribution in [-0.2, 0) is 26.7 Å². The molecule has 0 atom stereocenters. The van der Waals surface area contributed by atoms with Gasteiger partial charge < -0.3 is 10.9 Å². The molecule has 2 aromatic rings. The zero-order valence-corrected chi connectivity index (χ0v) is 23.9. The van der Waals surface area contributed by atoms with E-state index < -0.39 is 0 Å². The second kappa shape index (κ2) is 16.1. The fourth-order valence-electron chi connectivity index (χ4n) is 2.77. The Hall–Kier alpha value is -3.90. The SMILES string of the molecule is O=C1C=CC(Br)=C/C1=C/NNC(=O)c1ccncc1.O=C1C=CC(Br)=C/C1=C\NNC(=O)c1ccncc1.[Cu]. The van der Waals surface area contributed by atoms with Gasteiger partial charge in [-0.2, -0.15) is 0 Å². The van der Waals surface area contributed by atoms with Crippen molar-refractivity contribution in [2.24, 2.45) is 0 Å². The molecule has 203 valence electrons. The van der Waals surface area contributed by atoms with E-state index in [0.717, 1.165) is 8.96 Å². The first kappa shape index (κ1) is 31.3. The van der Waals surface area contributed by atoms with E-state index in [4.69, 9.17) is 0 Å². The summed E-state index contributed by atoms with van der Waals surface area (Å²) < 4.78 is 1.58. The maximum atomic E-state index is 11.7. The molecular weight excluding hydrogens is 684 g/mol. The fourth-order valence-corrected chi connectivity index (χ4v) is 3.53. The third-order valence-corrected chi connectivity index (χ3v) is 5.64. The van der Waals surface area contributed by atoms with Gasteiger partial charge in [0.05, 0.1) is 0 Å². The molecule has 2 amide bonds. The monoisotopic (exact) mass is 701 g/mol. The molecule has 2 aliphatic rings. The number of hydrogen-bond donors (Lipinski definition) is 4. The number of amides is 2. The molecule has 10 nitrogen and oxygen atoms in total. The number of nitrogens with zero attached hydrogens (tertiary/aromatic N) is 2. The molecule has 0 saturated heterocycles. The molecule has 0 unspecified atom stereocenters. The summed E-state index contributed by atoms with van der Waals surface area (Å²) in [7, 11) is 0. The number of hydrazine groups is 2. The number of aromatic nitrogens is 2. The molecule has 2 heterocycles. The van der Waals surface area contributed by atoms with Crippen molar-refractivity contribution < 1.29 is 36.2 Å². The molecule has 13 heteroatoms. The van der Waals surface area contributed by atoms with E-state index >= 15 is 0 Å². The predicted molar refractivity (Wildman–Crippen MR) is 148 cm³/mol. The van der Waals surface area contributed by atoms with Crippen molar-refractivity contribution in [1.82, 2.24) is 31.7 Å². The summed E-state index contributed by atoms with van der Waals surface area (Å²) in [6.45, 7) is 0. The summed E-state index contributed by atoms with van der Waals surface area (Å²) in [4.78, 5) is 54.0. The molecule has 4 rings (SSSR count). The molecule has 0 aromatic carbocycles. The van der Waals surface area contributed by atoms with Crippen LogP contribution in [0.2, 0.25) is 0 Å². The molecule has 39 heavy (non-hydrogen) atoms. The van der Waals surface area contributed by atoms with Gasteiger partial charge in [0.1, 0.15) is 0 Å². The first-order valence-electron chi connectivity index (χ1n) is 10.8. The Bertz CT molecular complexity index is 1300. The maximum Gasteiger partial charge on any atom is 0.269 e. The van der Waals surface area contributed by atoms with Gasteiger partial charge in [-0.25, -0.2) is 0 Å². The van der Waals surface area contributed by atoms with Gasteiger partial charge in [-0.05, 0) is 60.7 Å². The normalized spacial score (nSPS) is 15.7. The molecule has 0 fully saturated rings. The molecule has 1 radical (unpaired) electrons. The zero-order valence-electron chi connectivity index (χ0n) is 19.8. The standard InChI is InChI=1S/2C13H10BrN3O2.Cu/c2*14-11-1-2-12(18)10(7-11)8-16-17-13(19)9-3-5-15-6-4-9;/h2*1-8,16H,(H,17,19);/b10-8+;10-8-;. The molecule has 0 saturated carbocycles. The van der Waals surface area contributed by atoms with Crippen LogP contribution >= 0.6 is 31.9 Å². The number of hydrogen-bond acceptors (Lipinski definition) is 8. The summed E-state index contributed by atoms with van der Waals surface area (Å²) >= 11 is 6.55. The smallest absolute Gasteiger partial charge is 0.269 e. The third kappa shape index (κ3) is 10.4. The van der Waals surface area contributed by atoms with E-state index in [1.54, 1.807) is 48.6 Å². The Morgan fingerprint density at radius 2 is 1.00 bits per heavy atom. The van der Waals surface area contributed by atoms with Crippen LogP contribution in [0.3, 0.4) is 0 Å². The van der Waals surface area contributed by atoms with Gasteiger partial charge in [0, 0.05) is 85.5 Å². The van der Waals surface area contributed by atoms with Crippen molar-refractivity contribution in [3.63, 3.8) is 0 Å². The Morgan fingerprint density at radius 3 is 1.36 bits per heavy atom. The van der Waals surface area contributed by atoms with Gasteiger partial charge in [-0.3, -0.25) is 40.0 Å². The Labute approximate surface area is 251 Å². The minimum absolute atomic E-state index is 0. The zero-order chi connectivity index (χ0) is 27.3. The Kier molecular flexibility index (Phi) is 13.0. The summed E-state index contributed by atoms with van der Waals surface area (Å²) in [5.74, 6) is -0.870. The van der Waals surface area contributed by atoms with Crippen LogP contribution in [0.1, 0.15) is 20.7 Å². The number of rotatable bonds is 6. The molecule has 2 aromatic heterocycles. The molecule has 0 bridgehead atoms. The number of ketones is 2. The van der Waals surface area contributed by atoms with Gasteiger partial charge in [0.25, 0.3) is 11.8 Å². The van der Waals surface area contributed by atoms with E-state index in [2.05, 4.69) is 63.5 Å². The number of carbonyl (C=O) groups excluding carboxylic acids is 4. The van der Waals surface area contributed by atoms with E-state index in [0.29, 0.717) is 22.3 Å². The molecule has 0 spiro atoms. The first-order chi connectivity index (χ1) is 18.3. The molecule has 2 aliphatic carbocycles. The van der Waals surface area contributed by atoms with E-state index in [9.17, 15) is 19.2 Å².